The summed E-state index contributed by atoms with van der Waals surface area (Å²) in [6.45, 7) is 0. The Bertz CT molecular complexity index is 369. The molecule has 0 aliphatic carbocycles. The number of hydrogen-bond donors (Lipinski definition) is 0. The Hall–Kier alpha value is -1.65. The maximum atomic E-state index is 4.98. The van der Waals surface area contributed by atoms with Gasteiger partial charge in [-0.3, -0.25) is 4.98 Å². The molecule has 2 aromatic rings. The molecule has 56 valence electrons. The summed E-state index contributed by atoms with van der Waals surface area (Å²) in [6, 6.07) is 0. The molecule has 0 aromatic carbocycles. The lowest BCUT2D eigenvalue weighted by molar-refractivity contribution is 0.383. The number of aromatic nitrogens is 4. The molecule has 11 heavy (non-hydrogen) atoms. The highest BCUT2D eigenvalue weighted by Crippen LogP contribution is 2.07. The third-order valence-corrected chi connectivity index (χ3v) is 1.37. The molecule has 2 rings (SSSR count). The summed E-state index contributed by atoms with van der Waals surface area (Å²) in [4.78, 5) is 7.84. The molecule has 0 radical (unpaired) electrons. The van der Waals surface area contributed by atoms with Gasteiger partial charge in [-0.2, -0.15) is 9.61 Å². The van der Waals surface area contributed by atoms with Crippen LogP contribution < -0.4 is 4.74 Å². The van der Waals surface area contributed by atoms with Gasteiger partial charge in [-0.05, 0) is 0 Å². The van der Waals surface area contributed by atoms with Gasteiger partial charge < -0.3 is 4.74 Å². The zero-order chi connectivity index (χ0) is 7.68. The van der Waals surface area contributed by atoms with Crippen LogP contribution in [0, 0.1) is 0 Å². The van der Waals surface area contributed by atoms with Crippen molar-refractivity contribution in [2.45, 2.75) is 0 Å². The molecule has 0 N–H and O–H groups in total. The van der Waals surface area contributed by atoms with E-state index >= 15 is 0 Å². The number of methoxy groups -OCH3 is 1. The normalized spacial score (nSPS) is 10.3. The molecule has 0 saturated carbocycles. The van der Waals surface area contributed by atoms with Gasteiger partial charge in [0.1, 0.15) is 6.33 Å². The molecule has 0 amide bonds. The van der Waals surface area contributed by atoms with Crippen molar-refractivity contribution in [3.8, 4) is 5.88 Å². The van der Waals surface area contributed by atoms with Crippen molar-refractivity contribution in [2.24, 2.45) is 0 Å². The molecule has 0 aliphatic heterocycles. The predicted molar refractivity (Wildman–Crippen MR) is 37.3 cm³/mol. The van der Waals surface area contributed by atoms with E-state index in [9.17, 15) is 0 Å². The summed E-state index contributed by atoms with van der Waals surface area (Å²) in [7, 11) is 1.57. The first-order chi connectivity index (χ1) is 5.42. The zero-order valence-corrected chi connectivity index (χ0v) is 5.93. The van der Waals surface area contributed by atoms with E-state index in [1.54, 1.807) is 24.0 Å². The summed E-state index contributed by atoms with van der Waals surface area (Å²) in [6.07, 6.45) is 4.66. The van der Waals surface area contributed by atoms with E-state index in [2.05, 4.69) is 15.1 Å². The molecule has 5 heteroatoms. The average molecular weight is 150 g/mol. The van der Waals surface area contributed by atoms with Crippen LogP contribution in [0.25, 0.3) is 5.65 Å². The van der Waals surface area contributed by atoms with Crippen molar-refractivity contribution in [3.05, 3.63) is 18.7 Å². The largest absolute Gasteiger partial charge is 0.480 e. The number of rotatable bonds is 1. The molecule has 5 nitrogen and oxygen atoms in total. The van der Waals surface area contributed by atoms with Gasteiger partial charge in [-0.15, -0.1) is 0 Å². The van der Waals surface area contributed by atoms with Gasteiger partial charge in [0.05, 0.1) is 19.5 Å². The first-order valence-electron chi connectivity index (χ1n) is 3.09. The first-order valence-corrected chi connectivity index (χ1v) is 3.09. The third kappa shape index (κ3) is 0.813. The van der Waals surface area contributed by atoms with Gasteiger partial charge in [0.15, 0.2) is 5.65 Å². The Morgan fingerprint density at radius 2 is 2.36 bits per heavy atom. The smallest absolute Gasteiger partial charge is 0.235 e. The Morgan fingerprint density at radius 3 is 3.18 bits per heavy atom. The molecule has 0 bridgehead atoms. The monoisotopic (exact) mass is 150 g/mol. The van der Waals surface area contributed by atoms with Crippen molar-refractivity contribution in [2.75, 3.05) is 7.11 Å². The van der Waals surface area contributed by atoms with Crippen LogP contribution in [-0.4, -0.2) is 26.7 Å². The van der Waals surface area contributed by atoms with E-state index in [4.69, 9.17) is 4.74 Å². The van der Waals surface area contributed by atoms with Gasteiger partial charge in [0, 0.05) is 0 Å². The SMILES string of the molecule is COc1cncc2ncnn12. The van der Waals surface area contributed by atoms with E-state index in [1.807, 2.05) is 0 Å². The van der Waals surface area contributed by atoms with Crippen molar-refractivity contribution >= 4 is 5.65 Å². The second-order valence-electron chi connectivity index (χ2n) is 1.98. The van der Waals surface area contributed by atoms with Crippen molar-refractivity contribution < 1.29 is 4.74 Å². The average Bonchev–Trinajstić information content (AvgIpc) is 2.50. The standard InChI is InChI=1S/C6H6N4O/c1-11-6-3-7-2-5-8-4-9-10(5)6/h2-4H,1H3. The van der Waals surface area contributed by atoms with E-state index in [0.717, 1.165) is 0 Å². The fraction of sp³-hybridized carbons (Fsp3) is 0.167. The zero-order valence-electron chi connectivity index (χ0n) is 5.93. The molecule has 0 atom stereocenters. The van der Waals surface area contributed by atoms with Crippen LogP contribution in [0.3, 0.4) is 0 Å². The Morgan fingerprint density at radius 1 is 1.45 bits per heavy atom. The quantitative estimate of drug-likeness (QED) is 0.580. The number of ether oxygens (including phenoxy) is 1. The van der Waals surface area contributed by atoms with Crippen LogP contribution in [0.4, 0.5) is 0 Å². The lowest BCUT2D eigenvalue weighted by atomic mass is 10.7. The van der Waals surface area contributed by atoms with Crippen LogP contribution in [-0.2, 0) is 0 Å². The van der Waals surface area contributed by atoms with E-state index in [-0.39, 0.29) is 0 Å². The minimum Gasteiger partial charge on any atom is -0.480 e. The molecule has 0 saturated heterocycles. The van der Waals surface area contributed by atoms with E-state index in [1.165, 1.54) is 6.33 Å². The highest BCUT2D eigenvalue weighted by molar-refractivity contribution is 5.35. The second-order valence-corrected chi connectivity index (χ2v) is 1.98. The van der Waals surface area contributed by atoms with Gasteiger partial charge in [-0.1, -0.05) is 0 Å². The molecule has 2 aromatic heterocycles. The van der Waals surface area contributed by atoms with Crippen molar-refractivity contribution in [1.29, 1.82) is 0 Å². The number of fused-ring (bicyclic) bond motifs is 1. The summed E-state index contributed by atoms with van der Waals surface area (Å²) in [5.41, 5.74) is 0.685. The van der Waals surface area contributed by atoms with E-state index < -0.39 is 0 Å². The van der Waals surface area contributed by atoms with Gasteiger partial charge in [0.25, 0.3) is 0 Å². The lowest BCUT2D eigenvalue weighted by Gasteiger charge is -1.98. The van der Waals surface area contributed by atoms with Crippen molar-refractivity contribution in [3.63, 3.8) is 0 Å². The Kier molecular flexibility index (Phi) is 1.21. The lowest BCUT2D eigenvalue weighted by Crippen LogP contribution is -1.95. The van der Waals surface area contributed by atoms with Crippen LogP contribution in [0.5, 0.6) is 5.88 Å². The first kappa shape index (κ1) is 6.09. The molecule has 0 fully saturated rings. The third-order valence-electron chi connectivity index (χ3n) is 1.37. The van der Waals surface area contributed by atoms with E-state index in [0.29, 0.717) is 11.5 Å². The fourth-order valence-corrected chi connectivity index (χ4v) is 0.870. The molecule has 0 spiro atoms. The Balaban J connectivity index is 2.79. The van der Waals surface area contributed by atoms with Gasteiger partial charge in [0.2, 0.25) is 5.88 Å². The van der Waals surface area contributed by atoms with Crippen LogP contribution in [0.2, 0.25) is 0 Å². The van der Waals surface area contributed by atoms with Crippen LogP contribution in [0.15, 0.2) is 18.7 Å². The second kappa shape index (κ2) is 2.19. The molecule has 0 aliphatic rings. The highest BCUT2D eigenvalue weighted by Gasteiger charge is 1.99. The molecule has 2 heterocycles. The molecule has 0 unspecified atom stereocenters. The maximum absolute atomic E-state index is 4.98. The summed E-state index contributed by atoms with van der Waals surface area (Å²) in [5.74, 6) is 0.583. The fourth-order valence-electron chi connectivity index (χ4n) is 0.870. The van der Waals surface area contributed by atoms with Crippen molar-refractivity contribution in [1.82, 2.24) is 19.6 Å². The maximum Gasteiger partial charge on any atom is 0.235 e. The summed E-state index contributed by atoms with van der Waals surface area (Å²) >= 11 is 0. The van der Waals surface area contributed by atoms with Gasteiger partial charge >= 0.3 is 0 Å². The number of hydrogen-bond acceptors (Lipinski definition) is 4. The van der Waals surface area contributed by atoms with Gasteiger partial charge in [-0.25, -0.2) is 4.98 Å². The summed E-state index contributed by atoms with van der Waals surface area (Å²) in [5, 5.41) is 3.93. The predicted octanol–water partition coefficient (Wildman–Crippen LogP) is 0.133. The molecular formula is C6H6N4O. The van der Waals surface area contributed by atoms with Crippen LogP contribution in [0.1, 0.15) is 0 Å². The minimum absolute atomic E-state index is 0.583. The van der Waals surface area contributed by atoms with Crippen LogP contribution >= 0.6 is 0 Å². The Labute approximate surface area is 62.7 Å². The summed E-state index contributed by atoms with van der Waals surface area (Å²) < 4.78 is 6.56. The topological polar surface area (TPSA) is 52.3 Å². The minimum atomic E-state index is 0.583. The highest BCUT2D eigenvalue weighted by atomic mass is 16.5. The number of nitrogens with zero attached hydrogens (tertiary/aromatic N) is 4. The molecular weight excluding hydrogens is 144 g/mol.